The molecule has 1 aliphatic heterocycles. The number of benzene rings is 1. The molecule has 3 nitrogen and oxygen atoms in total. The maximum Gasteiger partial charge on any atom is 0.239 e. The number of rotatable bonds is 1. The first kappa shape index (κ1) is 9.35. The largest absolute Gasteiger partial charge is 0.486 e. The van der Waals surface area contributed by atoms with Crippen molar-refractivity contribution in [2.75, 3.05) is 13.2 Å². The van der Waals surface area contributed by atoms with E-state index in [9.17, 15) is 0 Å². The second kappa shape index (κ2) is 3.89. The van der Waals surface area contributed by atoms with Crippen molar-refractivity contribution in [2.45, 2.75) is 6.54 Å². The number of ether oxygens (including phenoxy) is 2. The van der Waals surface area contributed by atoms with E-state index in [2.05, 4.69) is 20.8 Å². The van der Waals surface area contributed by atoms with E-state index in [0.717, 1.165) is 21.5 Å². The van der Waals surface area contributed by atoms with Crippen LogP contribution in [0.15, 0.2) is 16.6 Å². The zero-order valence-corrected chi connectivity index (χ0v) is 9.00. The summed E-state index contributed by atoms with van der Waals surface area (Å²) in [6.07, 6.45) is 0. The van der Waals surface area contributed by atoms with Crippen LogP contribution < -0.4 is 9.47 Å². The lowest BCUT2D eigenvalue weighted by atomic mass is 10.2. The van der Waals surface area contributed by atoms with Crippen LogP contribution in [0.1, 0.15) is 5.56 Å². The van der Waals surface area contributed by atoms with Crippen LogP contribution in [0.5, 0.6) is 11.5 Å². The summed E-state index contributed by atoms with van der Waals surface area (Å²) < 4.78 is 11.7. The van der Waals surface area contributed by atoms with Gasteiger partial charge < -0.3 is 14.3 Å². The summed E-state index contributed by atoms with van der Waals surface area (Å²) in [6.45, 7) is 8.31. The van der Waals surface area contributed by atoms with E-state index in [0.29, 0.717) is 19.8 Å². The first-order valence-electron chi connectivity index (χ1n) is 4.22. The van der Waals surface area contributed by atoms with Gasteiger partial charge in [0, 0.05) is 5.56 Å². The number of nitrogens with zero attached hydrogens (tertiary/aromatic N) is 1. The molecule has 0 amide bonds. The highest BCUT2D eigenvalue weighted by Gasteiger charge is 2.16. The van der Waals surface area contributed by atoms with Crippen molar-refractivity contribution in [3.8, 4) is 11.5 Å². The minimum absolute atomic E-state index is 0.370. The summed E-state index contributed by atoms with van der Waals surface area (Å²) in [6, 6.07) is 3.75. The molecule has 0 saturated carbocycles. The molecule has 1 heterocycles. The molecular formula is C10H8BrNO2. The normalized spacial score (nSPS) is 13.4. The van der Waals surface area contributed by atoms with Crippen molar-refractivity contribution in [3.63, 3.8) is 0 Å². The van der Waals surface area contributed by atoms with Crippen LogP contribution in [-0.2, 0) is 6.54 Å². The molecule has 0 atom stereocenters. The Bertz CT molecular complexity index is 398. The molecular weight excluding hydrogens is 246 g/mol. The minimum Gasteiger partial charge on any atom is -0.486 e. The molecule has 0 radical (unpaired) electrons. The fourth-order valence-electron chi connectivity index (χ4n) is 1.35. The quantitative estimate of drug-likeness (QED) is 0.719. The van der Waals surface area contributed by atoms with Gasteiger partial charge in [-0.25, -0.2) is 6.57 Å². The first-order valence-corrected chi connectivity index (χ1v) is 5.02. The van der Waals surface area contributed by atoms with Gasteiger partial charge in [0.05, 0.1) is 4.47 Å². The highest BCUT2D eigenvalue weighted by atomic mass is 79.9. The summed E-state index contributed by atoms with van der Waals surface area (Å²) >= 11 is 3.39. The van der Waals surface area contributed by atoms with Gasteiger partial charge >= 0.3 is 0 Å². The van der Waals surface area contributed by atoms with Crippen LogP contribution in [0.25, 0.3) is 4.85 Å². The second-order valence-corrected chi connectivity index (χ2v) is 3.77. The third kappa shape index (κ3) is 1.68. The van der Waals surface area contributed by atoms with Gasteiger partial charge in [-0.2, -0.15) is 0 Å². The average Bonchev–Trinajstić information content (AvgIpc) is 2.18. The summed E-state index contributed by atoms with van der Waals surface area (Å²) in [4.78, 5) is 3.33. The molecule has 2 rings (SSSR count). The predicted molar refractivity (Wildman–Crippen MR) is 55.4 cm³/mol. The van der Waals surface area contributed by atoms with Crippen molar-refractivity contribution in [2.24, 2.45) is 0 Å². The van der Waals surface area contributed by atoms with E-state index in [-0.39, 0.29) is 0 Å². The Morgan fingerprint density at radius 1 is 1.36 bits per heavy atom. The molecule has 1 aliphatic rings. The van der Waals surface area contributed by atoms with E-state index >= 15 is 0 Å². The average molecular weight is 254 g/mol. The molecule has 72 valence electrons. The Kier molecular flexibility index (Phi) is 2.60. The fraction of sp³-hybridized carbons (Fsp3) is 0.300. The van der Waals surface area contributed by atoms with Gasteiger partial charge in [-0.15, -0.1) is 0 Å². The molecule has 0 N–H and O–H groups in total. The molecule has 0 fully saturated rings. The van der Waals surface area contributed by atoms with Gasteiger partial charge in [0.2, 0.25) is 6.54 Å². The lowest BCUT2D eigenvalue weighted by Crippen LogP contribution is -2.15. The third-order valence-corrected chi connectivity index (χ3v) is 2.51. The lowest BCUT2D eigenvalue weighted by Gasteiger charge is -2.19. The molecule has 0 bridgehead atoms. The SMILES string of the molecule is [C-]#[N+]Cc1cc(Br)c2c(c1)OCCO2. The van der Waals surface area contributed by atoms with Crippen molar-refractivity contribution in [1.29, 1.82) is 0 Å². The second-order valence-electron chi connectivity index (χ2n) is 2.92. The topological polar surface area (TPSA) is 22.8 Å². The van der Waals surface area contributed by atoms with Crippen LogP contribution in [0.4, 0.5) is 0 Å². The van der Waals surface area contributed by atoms with E-state index in [1.54, 1.807) is 0 Å². The van der Waals surface area contributed by atoms with Gasteiger partial charge in [-0.3, -0.25) is 0 Å². The Balaban J connectivity index is 2.42. The van der Waals surface area contributed by atoms with E-state index in [1.807, 2.05) is 12.1 Å². The summed E-state index contributed by atoms with van der Waals surface area (Å²) in [7, 11) is 0. The molecule has 0 aliphatic carbocycles. The van der Waals surface area contributed by atoms with Gasteiger partial charge in [0.15, 0.2) is 11.5 Å². The maximum atomic E-state index is 6.79. The molecule has 4 heteroatoms. The monoisotopic (exact) mass is 253 g/mol. The Hall–Kier alpha value is -1.21. The highest BCUT2D eigenvalue weighted by Crippen LogP contribution is 2.38. The summed E-state index contributed by atoms with van der Waals surface area (Å²) in [5.74, 6) is 1.47. The molecule has 0 spiro atoms. The predicted octanol–water partition coefficient (Wildman–Crippen LogP) is 2.64. The van der Waals surface area contributed by atoms with Crippen molar-refractivity contribution >= 4 is 15.9 Å². The van der Waals surface area contributed by atoms with Gasteiger partial charge in [0.1, 0.15) is 13.2 Å². The van der Waals surface area contributed by atoms with Gasteiger partial charge in [-0.1, -0.05) is 0 Å². The van der Waals surface area contributed by atoms with Gasteiger partial charge in [-0.05, 0) is 28.1 Å². The first-order chi connectivity index (χ1) is 6.81. The number of hydrogen-bond donors (Lipinski definition) is 0. The summed E-state index contributed by atoms with van der Waals surface area (Å²) in [5.41, 5.74) is 0.941. The summed E-state index contributed by atoms with van der Waals surface area (Å²) in [5, 5.41) is 0. The number of fused-ring (bicyclic) bond motifs is 1. The molecule has 1 aromatic carbocycles. The molecule has 0 aromatic heterocycles. The Morgan fingerprint density at radius 2 is 2.14 bits per heavy atom. The highest BCUT2D eigenvalue weighted by molar-refractivity contribution is 9.10. The van der Waals surface area contributed by atoms with Crippen molar-refractivity contribution in [1.82, 2.24) is 0 Å². The standard InChI is InChI=1S/C10H8BrNO2/c1-12-6-7-4-8(11)10-9(5-7)13-2-3-14-10/h4-5H,2-3,6H2. The molecule has 1 aromatic rings. The van der Waals surface area contributed by atoms with E-state index in [1.165, 1.54) is 0 Å². The molecule has 0 saturated heterocycles. The van der Waals surface area contributed by atoms with Crippen LogP contribution in [0, 0.1) is 6.57 Å². The third-order valence-electron chi connectivity index (χ3n) is 1.92. The van der Waals surface area contributed by atoms with Crippen molar-refractivity contribution < 1.29 is 9.47 Å². The maximum absolute atomic E-state index is 6.79. The van der Waals surface area contributed by atoms with Crippen LogP contribution in [0.2, 0.25) is 0 Å². The van der Waals surface area contributed by atoms with Crippen LogP contribution in [0.3, 0.4) is 0 Å². The zero-order valence-electron chi connectivity index (χ0n) is 7.42. The molecule has 0 unspecified atom stereocenters. The number of halogens is 1. The number of hydrogen-bond acceptors (Lipinski definition) is 2. The zero-order chi connectivity index (χ0) is 9.97. The minimum atomic E-state index is 0.370. The van der Waals surface area contributed by atoms with Crippen molar-refractivity contribution in [3.05, 3.63) is 33.6 Å². The van der Waals surface area contributed by atoms with Crippen LogP contribution in [-0.4, -0.2) is 13.2 Å². The smallest absolute Gasteiger partial charge is 0.239 e. The Labute approximate surface area is 90.6 Å². The van der Waals surface area contributed by atoms with Gasteiger partial charge in [0.25, 0.3) is 0 Å². The van der Waals surface area contributed by atoms with Crippen LogP contribution >= 0.6 is 15.9 Å². The van der Waals surface area contributed by atoms with E-state index in [4.69, 9.17) is 16.0 Å². The van der Waals surface area contributed by atoms with E-state index < -0.39 is 0 Å². The lowest BCUT2D eigenvalue weighted by molar-refractivity contribution is 0.170. The fourth-order valence-corrected chi connectivity index (χ4v) is 1.95. The Morgan fingerprint density at radius 3 is 2.93 bits per heavy atom. The molecule has 14 heavy (non-hydrogen) atoms.